The van der Waals surface area contributed by atoms with Gasteiger partial charge in [-0.25, -0.2) is 0 Å². The molecule has 1 atom stereocenters. The lowest BCUT2D eigenvalue weighted by atomic mass is 10.0. The molecule has 0 aromatic heterocycles. The van der Waals surface area contributed by atoms with Crippen LogP contribution in [0, 0.1) is 6.92 Å². The Labute approximate surface area is 108 Å². The second kappa shape index (κ2) is 5.50. The van der Waals surface area contributed by atoms with Crippen molar-refractivity contribution in [3.05, 3.63) is 29.3 Å². The summed E-state index contributed by atoms with van der Waals surface area (Å²) in [5.41, 5.74) is 1.74. The van der Waals surface area contributed by atoms with Gasteiger partial charge in [0.15, 0.2) is 5.78 Å². The highest BCUT2D eigenvalue weighted by atomic mass is 16.5. The van der Waals surface area contributed by atoms with E-state index in [4.69, 9.17) is 4.74 Å². The molecule has 0 amide bonds. The third-order valence-corrected chi connectivity index (χ3v) is 3.37. The number of ketones is 1. The number of nitrogens with one attached hydrogen (secondary N) is 1. The van der Waals surface area contributed by atoms with Crippen molar-refractivity contribution < 1.29 is 9.53 Å². The standard InChI is InChI=1S/C14H20N2O2/c1-10-8-11(4-5-13(10)18-3)14(17)12-9-16(2)7-6-15-12/h4-5,8,12,15H,6-7,9H2,1-3H3. The van der Waals surface area contributed by atoms with E-state index < -0.39 is 0 Å². The highest BCUT2D eigenvalue weighted by molar-refractivity contribution is 6.00. The molecule has 0 radical (unpaired) electrons. The summed E-state index contributed by atoms with van der Waals surface area (Å²) in [6.07, 6.45) is 0. The molecule has 18 heavy (non-hydrogen) atoms. The zero-order valence-electron chi connectivity index (χ0n) is 11.2. The maximum absolute atomic E-state index is 12.4. The molecule has 1 fully saturated rings. The van der Waals surface area contributed by atoms with Crippen LogP contribution in [0.5, 0.6) is 5.75 Å². The van der Waals surface area contributed by atoms with Crippen molar-refractivity contribution in [3.63, 3.8) is 0 Å². The van der Waals surface area contributed by atoms with E-state index in [1.807, 2.05) is 32.2 Å². The smallest absolute Gasteiger partial charge is 0.181 e. The Morgan fingerprint density at radius 3 is 2.89 bits per heavy atom. The van der Waals surface area contributed by atoms with Crippen LogP contribution in [0.25, 0.3) is 0 Å². The van der Waals surface area contributed by atoms with E-state index in [0.29, 0.717) is 0 Å². The second-order valence-electron chi connectivity index (χ2n) is 4.82. The van der Waals surface area contributed by atoms with Crippen molar-refractivity contribution in [2.24, 2.45) is 0 Å². The van der Waals surface area contributed by atoms with Crippen LogP contribution >= 0.6 is 0 Å². The quantitative estimate of drug-likeness (QED) is 0.813. The predicted molar refractivity (Wildman–Crippen MR) is 71.3 cm³/mol. The van der Waals surface area contributed by atoms with Gasteiger partial charge in [0.1, 0.15) is 5.75 Å². The van der Waals surface area contributed by atoms with Gasteiger partial charge in [0.25, 0.3) is 0 Å². The number of hydrogen-bond acceptors (Lipinski definition) is 4. The Hall–Kier alpha value is -1.39. The van der Waals surface area contributed by atoms with Crippen LogP contribution in [0.3, 0.4) is 0 Å². The predicted octanol–water partition coefficient (Wildman–Crippen LogP) is 1.09. The number of aryl methyl sites for hydroxylation is 1. The van der Waals surface area contributed by atoms with Gasteiger partial charge in [0, 0.05) is 25.2 Å². The largest absolute Gasteiger partial charge is 0.496 e. The van der Waals surface area contributed by atoms with Crippen LogP contribution in [-0.2, 0) is 0 Å². The number of carbonyl (C=O) groups is 1. The number of ether oxygens (including phenoxy) is 1. The Kier molecular flexibility index (Phi) is 3.99. The topological polar surface area (TPSA) is 41.6 Å². The first kappa shape index (κ1) is 13.1. The van der Waals surface area contributed by atoms with E-state index in [-0.39, 0.29) is 11.8 Å². The lowest BCUT2D eigenvalue weighted by Crippen LogP contribution is -2.52. The summed E-state index contributed by atoms with van der Waals surface area (Å²) in [7, 11) is 3.68. The van der Waals surface area contributed by atoms with E-state index in [1.165, 1.54) is 0 Å². The van der Waals surface area contributed by atoms with Crippen molar-refractivity contribution in [1.82, 2.24) is 10.2 Å². The number of rotatable bonds is 3. The SMILES string of the molecule is COc1ccc(C(=O)C2CN(C)CCN2)cc1C. The molecular weight excluding hydrogens is 228 g/mol. The zero-order valence-corrected chi connectivity index (χ0v) is 11.2. The fourth-order valence-electron chi connectivity index (χ4n) is 2.31. The van der Waals surface area contributed by atoms with Gasteiger partial charge in [0.2, 0.25) is 0 Å². The average molecular weight is 248 g/mol. The van der Waals surface area contributed by atoms with Gasteiger partial charge in [-0.1, -0.05) is 0 Å². The first-order chi connectivity index (χ1) is 8.61. The fraction of sp³-hybridized carbons (Fsp3) is 0.500. The van der Waals surface area contributed by atoms with Crippen molar-refractivity contribution >= 4 is 5.78 Å². The molecule has 1 aromatic rings. The van der Waals surface area contributed by atoms with E-state index in [0.717, 1.165) is 36.5 Å². The molecule has 0 saturated carbocycles. The third-order valence-electron chi connectivity index (χ3n) is 3.37. The minimum absolute atomic E-state index is 0.100. The van der Waals surface area contributed by atoms with Crippen molar-refractivity contribution in [1.29, 1.82) is 0 Å². The molecule has 0 bridgehead atoms. The molecule has 1 heterocycles. The van der Waals surface area contributed by atoms with Crippen molar-refractivity contribution in [3.8, 4) is 5.75 Å². The van der Waals surface area contributed by atoms with E-state index in [2.05, 4.69) is 10.2 Å². The van der Waals surface area contributed by atoms with E-state index in [1.54, 1.807) is 7.11 Å². The van der Waals surface area contributed by atoms with Crippen LogP contribution < -0.4 is 10.1 Å². The molecular formula is C14H20N2O2. The van der Waals surface area contributed by atoms with Crippen LogP contribution in [0.4, 0.5) is 0 Å². The number of likely N-dealkylation sites (N-methyl/N-ethyl adjacent to an activating group) is 1. The zero-order chi connectivity index (χ0) is 13.1. The van der Waals surface area contributed by atoms with Gasteiger partial charge in [-0.15, -0.1) is 0 Å². The molecule has 1 aliphatic rings. The summed E-state index contributed by atoms with van der Waals surface area (Å²) in [5.74, 6) is 0.979. The minimum atomic E-state index is -0.100. The van der Waals surface area contributed by atoms with Gasteiger partial charge in [-0.2, -0.15) is 0 Å². The van der Waals surface area contributed by atoms with Gasteiger partial charge in [-0.05, 0) is 37.7 Å². The van der Waals surface area contributed by atoms with Gasteiger partial charge >= 0.3 is 0 Å². The number of methoxy groups -OCH3 is 1. The molecule has 2 rings (SSSR count). The molecule has 1 aromatic carbocycles. The fourth-order valence-corrected chi connectivity index (χ4v) is 2.31. The lowest BCUT2D eigenvalue weighted by molar-refractivity contribution is 0.0894. The Bertz CT molecular complexity index is 445. The van der Waals surface area contributed by atoms with E-state index >= 15 is 0 Å². The normalized spacial score (nSPS) is 20.7. The first-order valence-corrected chi connectivity index (χ1v) is 6.22. The van der Waals surface area contributed by atoms with Gasteiger partial charge in [0.05, 0.1) is 13.2 Å². The lowest BCUT2D eigenvalue weighted by Gasteiger charge is -2.30. The Morgan fingerprint density at radius 2 is 2.28 bits per heavy atom. The van der Waals surface area contributed by atoms with Gasteiger partial charge < -0.3 is 15.0 Å². The molecule has 1 unspecified atom stereocenters. The molecule has 98 valence electrons. The maximum atomic E-state index is 12.4. The van der Waals surface area contributed by atoms with Crippen molar-refractivity contribution in [2.75, 3.05) is 33.8 Å². The molecule has 0 aliphatic carbocycles. The van der Waals surface area contributed by atoms with Crippen LogP contribution in [-0.4, -0.2) is 50.5 Å². The number of nitrogens with zero attached hydrogens (tertiary/aromatic N) is 1. The average Bonchev–Trinajstić information content (AvgIpc) is 2.37. The van der Waals surface area contributed by atoms with Crippen LogP contribution in [0.1, 0.15) is 15.9 Å². The first-order valence-electron chi connectivity index (χ1n) is 6.22. The molecule has 0 spiro atoms. The summed E-state index contributed by atoms with van der Waals surface area (Å²) >= 11 is 0. The Balaban J connectivity index is 2.15. The Morgan fingerprint density at radius 1 is 1.50 bits per heavy atom. The summed E-state index contributed by atoms with van der Waals surface area (Å²) < 4.78 is 5.21. The minimum Gasteiger partial charge on any atom is -0.496 e. The highest BCUT2D eigenvalue weighted by Crippen LogP contribution is 2.19. The molecule has 1 saturated heterocycles. The summed E-state index contributed by atoms with van der Waals surface area (Å²) in [6, 6.07) is 5.49. The van der Waals surface area contributed by atoms with Crippen LogP contribution in [0.2, 0.25) is 0 Å². The molecule has 1 N–H and O–H groups in total. The summed E-state index contributed by atoms with van der Waals surface area (Å²) in [5, 5.41) is 3.27. The molecule has 1 aliphatic heterocycles. The second-order valence-corrected chi connectivity index (χ2v) is 4.82. The number of benzene rings is 1. The third kappa shape index (κ3) is 2.71. The van der Waals surface area contributed by atoms with Crippen molar-refractivity contribution in [2.45, 2.75) is 13.0 Å². The maximum Gasteiger partial charge on any atom is 0.181 e. The number of hydrogen-bond donors (Lipinski definition) is 1. The van der Waals surface area contributed by atoms with Crippen LogP contribution in [0.15, 0.2) is 18.2 Å². The number of piperazine rings is 1. The monoisotopic (exact) mass is 248 g/mol. The number of Topliss-reactive ketones (excluding diaryl/α,β-unsaturated/α-hetero) is 1. The van der Waals surface area contributed by atoms with Gasteiger partial charge in [-0.3, -0.25) is 4.79 Å². The molecule has 4 heteroatoms. The highest BCUT2D eigenvalue weighted by Gasteiger charge is 2.24. The summed E-state index contributed by atoms with van der Waals surface area (Å²) in [6.45, 7) is 4.58. The number of carbonyl (C=O) groups excluding carboxylic acids is 1. The summed E-state index contributed by atoms with van der Waals surface area (Å²) in [4.78, 5) is 14.5. The molecule has 4 nitrogen and oxygen atoms in total. The van der Waals surface area contributed by atoms with E-state index in [9.17, 15) is 4.79 Å².